The van der Waals surface area contributed by atoms with Crippen LogP contribution in [0.15, 0.2) is 273 Å². The minimum Gasteiger partial charge on any atom is -0.309 e. The highest BCUT2D eigenvalue weighted by Gasteiger charge is 2.41. The normalized spacial score (nSPS) is 12.0. The zero-order valence-corrected chi connectivity index (χ0v) is 39.3. The Morgan fingerprint density at radius 2 is 0.686 bits per heavy atom. The lowest BCUT2D eigenvalue weighted by molar-refractivity contribution is 1.13. The maximum Gasteiger partial charge on any atom is 0.179 e. The third-order valence-electron chi connectivity index (χ3n) is 14.8. The molecule has 0 aliphatic rings. The fourth-order valence-electron chi connectivity index (χ4n) is 11.8. The second-order valence-electron chi connectivity index (χ2n) is 18.4. The fraction of sp³-hybridized carbons (Fsp3) is 0. The van der Waals surface area contributed by atoms with Gasteiger partial charge in [0.15, 0.2) is 8.07 Å². The number of nitrogens with zero attached hydrogens (tertiary/aromatic N) is 3. The molecule has 0 saturated carbocycles. The van der Waals surface area contributed by atoms with Crippen LogP contribution < -0.4 is 20.7 Å². The molecule has 0 unspecified atom stereocenters. The quantitative estimate of drug-likeness (QED) is 0.107. The molecule has 0 atom stereocenters. The minimum atomic E-state index is -2.91. The first-order valence-corrected chi connectivity index (χ1v) is 26.2. The number of hydrogen-bond donors (Lipinski definition) is 0. The molecular weight excluding hydrogens is 863 g/mol. The number of rotatable bonds is 8. The standard InChI is InChI=1S/C66H45N3Si/c1-5-21-46(22-6-1)47-23-19-24-48(43-47)68-62-37-18-15-33-56(62)58-34-20-38-64(66(58)68)69-63-42-39-49(67-60-35-16-13-31-54(60)55-32-14-17-36-61(55)67)44-59(63)57-41-40-53(45-65(57)69)70(50-25-7-2-8-26-50,51-27-9-3-10-28-51)52-29-11-4-12-30-52/h1-45H. The average molecular weight is 908 g/mol. The molecule has 11 aromatic carbocycles. The van der Waals surface area contributed by atoms with Gasteiger partial charge in [0.2, 0.25) is 0 Å². The Bertz CT molecular complexity index is 4130. The summed E-state index contributed by atoms with van der Waals surface area (Å²) in [5, 5.41) is 12.8. The van der Waals surface area contributed by atoms with Gasteiger partial charge in [-0.25, -0.2) is 0 Å². The molecule has 14 rings (SSSR count). The Kier molecular flexibility index (Phi) is 9.23. The molecule has 3 aromatic heterocycles. The van der Waals surface area contributed by atoms with Crippen molar-refractivity contribution in [3.63, 3.8) is 0 Å². The van der Waals surface area contributed by atoms with Crippen LogP contribution in [-0.4, -0.2) is 21.8 Å². The van der Waals surface area contributed by atoms with E-state index < -0.39 is 8.07 Å². The molecule has 0 fully saturated rings. The smallest absolute Gasteiger partial charge is 0.179 e. The van der Waals surface area contributed by atoms with Crippen molar-refractivity contribution in [2.45, 2.75) is 0 Å². The largest absolute Gasteiger partial charge is 0.309 e. The maximum absolute atomic E-state index is 2.91. The maximum atomic E-state index is 2.57. The van der Waals surface area contributed by atoms with Crippen molar-refractivity contribution in [1.82, 2.24) is 13.7 Å². The number of aromatic nitrogens is 3. The second kappa shape index (κ2) is 16.1. The Balaban J connectivity index is 1.12. The lowest BCUT2D eigenvalue weighted by Gasteiger charge is -2.34. The zero-order valence-electron chi connectivity index (χ0n) is 38.3. The molecule has 0 saturated heterocycles. The second-order valence-corrected chi connectivity index (χ2v) is 22.2. The Hall–Kier alpha value is -8.96. The number of hydrogen-bond acceptors (Lipinski definition) is 0. The topological polar surface area (TPSA) is 14.8 Å². The van der Waals surface area contributed by atoms with Crippen LogP contribution in [-0.2, 0) is 0 Å². The van der Waals surface area contributed by atoms with E-state index in [1.54, 1.807) is 0 Å². The highest BCUT2D eigenvalue weighted by molar-refractivity contribution is 7.20. The molecule has 4 heteroatoms. The van der Waals surface area contributed by atoms with Gasteiger partial charge in [-0.2, -0.15) is 0 Å². The molecule has 3 heterocycles. The predicted octanol–water partition coefficient (Wildman–Crippen LogP) is 14.0. The highest BCUT2D eigenvalue weighted by Crippen LogP contribution is 2.41. The van der Waals surface area contributed by atoms with Crippen LogP contribution in [0.4, 0.5) is 0 Å². The summed E-state index contributed by atoms with van der Waals surface area (Å²) in [6.45, 7) is 0. The van der Waals surface area contributed by atoms with Crippen LogP contribution in [0.1, 0.15) is 0 Å². The lowest BCUT2D eigenvalue weighted by Crippen LogP contribution is -2.74. The van der Waals surface area contributed by atoms with Gasteiger partial charge in [-0.3, -0.25) is 0 Å². The van der Waals surface area contributed by atoms with Crippen LogP contribution in [0.5, 0.6) is 0 Å². The van der Waals surface area contributed by atoms with Crippen LogP contribution in [0.2, 0.25) is 0 Å². The van der Waals surface area contributed by atoms with Gasteiger partial charge in [0.25, 0.3) is 0 Å². The SMILES string of the molecule is c1ccc(-c2cccc(-n3c4ccccc4c4cccc(-n5c6ccc(-n7c8ccccc8c8ccccc87)cc6c6ccc([Si](c7ccccc7)(c7ccccc7)c7ccccc7)cc65)c43)c2)cc1. The number of benzene rings is 11. The number of para-hydroxylation sites is 4. The molecular formula is C66H45N3Si. The van der Waals surface area contributed by atoms with E-state index in [0.717, 1.165) is 22.6 Å². The molecule has 0 N–H and O–H groups in total. The van der Waals surface area contributed by atoms with Gasteiger partial charge < -0.3 is 13.7 Å². The molecule has 0 radical (unpaired) electrons. The van der Waals surface area contributed by atoms with Gasteiger partial charge in [0.1, 0.15) is 0 Å². The molecule has 328 valence electrons. The average Bonchev–Trinajstić information content (AvgIpc) is 4.08. The van der Waals surface area contributed by atoms with Crippen molar-refractivity contribution in [2.75, 3.05) is 0 Å². The molecule has 0 aliphatic carbocycles. The summed E-state index contributed by atoms with van der Waals surface area (Å²) >= 11 is 0. The minimum absolute atomic E-state index is 1.12. The Morgan fingerprint density at radius 3 is 1.30 bits per heavy atom. The van der Waals surface area contributed by atoms with Crippen molar-refractivity contribution < 1.29 is 0 Å². The van der Waals surface area contributed by atoms with Crippen molar-refractivity contribution in [2.24, 2.45) is 0 Å². The predicted molar refractivity (Wildman–Crippen MR) is 299 cm³/mol. The third kappa shape index (κ3) is 6.00. The first-order valence-electron chi connectivity index (χ1n) is 24.2. The monoisotopic (exact) mass is 907 g/mol. The first kappa shape index (κ1) is 40.1. The van der Waals surface area contributed by atoms with Gasteiger partial charge in [-0.05, 0) is 92.5 Å². The summed E-state index contributed by atoms with van der Waals surface area (Å²) in [6, 6.07) is 101. The van der Waals surface area contributed by atoms with E-state index >= 15 is 0 Å². The van der Waals surface area contributed by atoms with Gasteiger partial charge in [-0.15, -0.1) is 0 Å². The molecule has 70 heavy (non-hydrogen) atoms. The van der Waals surface area contributed by atoms with Gasteiger partial charge in [0.05, 0.1) is 38.8 Å². The van der Waals surface area contributed by atoms with Crippen LogP contribution >= 0.6 is 0 Å². The van der Waals surface area contributed by atoms with Crippen LogP contribution in [0.3, 0.4) is 0 Å². The van der Waals surface area contributed by atoms with Crippen LogP contribution in [0.25, 0.3) is 93.6 Å². The molecule has 0 bridgehead atoms. The van der Waals surface area contributed by atoms with Crippen molar-refractivity contribution >= 4 is 94.2 Å². The summed E-state index contributed by atoms with van der Waals surface area (Å²) in [7, 11) is -2.91. The van der Waals surface area contributed by atoms with E-state index in [9.17, 15) is 0 Å². The highest BCUT2D eigenvalue weighted by atomic mass is 28.3. The van der Waals surface area contributed by atoms with E-state index in [-0.39, 0.29) is 0 Å². The summed E-state index contributed by atoms with van der Waals surface area (Å²) < 4.78 is 7.51. The summed E-state index contributed by atoms with van der Waals surface area (Å²) in [5.41, 5.74) is 12.9. The van der Waals surface area contributed by atoms with E-state index in [1.807, 2.05) is 0 Å². The van der Waals surface area contributed by atoms with E-state index in [2.05, 4.69) is 287 Å². The summed E-state index contributed by atoms with van der Waals surface area (Å²) in [4.78, 5) is 0. The van der Waals surface area contributed by atoms with Crippen molar-refractivity contribution in [3.8, 4) is 28.2 Å². The molecule has 3 nitrogen and oxygen atoms in total. The third-order valence-corrected chi connectivity index (χ3v) is 19.5. The molecule has 0 aliphatic heterocycles. The van der Waals surface area contributed by atoms with Crippen molar-refractivity contribution in [1.29, 1.82) is 0 Å². The lowest BCUT2D eigenvalue weighted by atomic mass is 10.1. The zero-order chi connectivity index (χ0) is 46.2. The van der Waals surface area contributed by atoms with Crippen molar-refractivity contribution in [3.05, 3.63) is 273 Å². The van der Waals surface area contributed by atoms with Gasteiger partial charge >= 0.3 is 0 Å². The summed E-state index contributed by atoms with van der Waals surface area (Å²) in [5.74, 6) is 0. The molecule has 0 amide bonds. The number of fused-ring (bicyclic) bond motifs is 9. The molecule has 14 aromatic rings. The van der Waals surface area contributed by atoms with E-state index in [1.165, 1.54) is 91.8 Å². The van der Waals surface area contributed by atoms with Gasteiger partial charge in [0, 0.05) is 43.7 Å². The van der Waals surface area contributed by atoms with Gasteiger partial charge in [-0.1, -0.05) is 212 Å². The van der Waals surface area contributed by atoms with E-state index in [0.29, 0.717) is 0 Å². The Labute approximate surface area is 407 Å². The fourth-order valence-corrected chi connectivity index (χ4v) is 16.6. The Morgan fingerprint density at radius 1 is 0.229 bits per heavy atom. The molecule has 0 spiro atoms. The first-order chi connectivity index (χ1) is 34.8. The van der Waals surface area contributed by atoms with E-state index in [4.69, 9.17) is 0 Å². The van der Waals surface area contributed by atoms with Crippen LogP contribution in [0, 0.1) is 0 Å². The summed E-state index contributed by atoms with van der Waals surface area (Å²) in [6.07, 6.45) is 0.